The van der Waals surface area contributed by atoms with Gasteiger partial charge in [0.15, 0.2) is 0 Å². The second kappa shape index (κ2) is 8.36. The summed E-state index contributed by atoms with van der Waals surface area (Å²) in [7, 11) is 0. The molecule has 2 heterocycles. The lowest BCUT2D eigenvalue weighted by atomic mass is 9.93. The van der Waals surface area contributed by atoms with E-state index in [2.05, 4.69) is 65.3 Å². The van der Waals surface area contributed by atoms with Gasteiger partial charge in [0.2, 0.25) is 5.91 Å². The Morgan fingerprint density at radius 1 is 0.893 bits per heavy atom. The average Bonchev–Trinajstić information content (AvgIpc) is 2.74. The fraction of sp³-hybridized carbons (Fsp3) is 0.458. The number of primary amides is 1. The standard InChI is InChI=1S/C24H31N3O/c1-18-4-2-5-20(16-18)21-6-3-7-23(17-21)27-14-10-22(11-15-27)26-12-8-19(9-13-26)24(25)28/h2-7,16-17,19,22H,8-15H2,1H3,(H2,25,28). The predicted octanol–water partition coefficient (Wildman–Crippen LogP) is 3.83. The molecule has 0 saturated carbocycles. The Morgan fingerprint density at radius 2 is 1.54 bits per heavy atom. The number of likely N-dealkylation sites (tertiary alicyclic amines) is 1. The van der Waals surface area contributed by atoms with E-state index in [0.29, 0.717) is 6.04 Å². The van der Waals surface area contributed by atoms with Gasteiger partial charge >= 0.3 is 0 Å². The number of hydrogen-bond donors (Lipinski definition) is 1. The van der Waals surface area contributed by atoms with Crippen molar-refractivity contribution in [2.45, 2.75) is 38.6 Å². The summed E-state index contributed by atoms with van der Waals surface area (Å²) in [5, 5.41) is 0. The Morgan fingerprint density at radius 3 is 2.18 bits per heavy atom. The summed E-state index contributed by atoms with van der Waals surface area (Å²) in [6, 6.07) is 18.3. The van der Waals surface area contributed by atoms with Crippen molar-refractivity contribution in [1.82, 2.24) is 4.90 Å². The van der Waals surface area contributed by atoms with Crippen molar-refractivity contribution in [3.8, 4) is 11.1 Å². The van der Waals surface area contributed by atoms with Crippen LogP contribution in [0, 0.1) is 12.8 Å². The zero-order chi connectivity index (χ0) is 19.5. The SMILES string of the molecule is Cc1cccc(-c2cccc(N3CCC(N4CCC(C(N)=O)CC4)CC3)c2)c1. The molecule has 0 aromatic heterocycles. The Balaban J connectivity index is 1.37. The lowest BCUT2D eigenvalue weighted by molar-refractivity contribution is -0.123. The summed E-state index contributed by atoms with van der Waals surface area (Å²) < 4.78 is 0. The van der Waals surface area contributed by atoms with Gasteiger partial charge in [0.05, 0.1) is 0 Å². The number of aryl methyl sites for hydroxylation is 1. The van der Waals surface area contributed by atoms with Gasteiger partial charge in [0.1, 0.15) is 0 Å². The Hall–Kier alpha value is -2.33. The molecule has 4 nitrogen and oxygen atoms in total. The van der Waals surface area contributed by atoms with Gasteiger partial charge in [-0.15, -0.1) is 0 Å². The molecule has 2 aliphatic rings. The molecule has 1 amide bonds. The van der Waals surface area contributed by atoms with E-state index >= 15 is 0 Å². The maximum Gasteiger partial charge on any atom is 0.220 e. The molecule has 0 spiro atoms. The molecule has 0 bridgehead atoms. The van der Waals surface area contributed by atoms with Gasteiger partial charge in [-0.3, -0.25) is 4.79 Å². The summed E-state index contributed by atoms with van der Waals surface area (Å²) in [6.45, 7) is 6.36. The number of piperidine rings is 2. The van der Waals surface area contributed by atoms with Crippen LogP contribution >= 0.6 is 0 Å². The number of amides is 1. The van der Waals surface area contributed by atoms with Gasteiger partial charge in [-0.2, -0.15) is 0 Å². The van der Waals surface area contributed by atoms with Crippen LogP contribution in [-0.4, -0.2) is 43.0 Å². The van der Waals surface area contributed by atoms with Crippen LogP contribution in [0.25, 0.3) is 11.1 Å². The summed E-state index contributed by atoms with van der Waals surface area (Å²) in [5.74, 6) is -0.0383. The Bertz CT molecular complexity index is 818. The third-order valence-electron chi connectivity index (χ3n) is 6.48. The van der Waals surface area contributed by atoms with E-state index < -0.39 is 0 Å². The number of anilines is 1. The first-order valence-corrected chi connectivity index (χ1v) is 10.6. The van der Waals surface area contributed by atoms with E-state index in [0.717, 1.165) is 39.0 Å². The van der Waals surface area contributed by atoms with Crippen LogP contribution < -0.4 is 10.6 Å². The Labute approximate surface area is 168 Å². The molecule has 2 aromatic rings. The summed E-state index contributed by atoms with van der Waals surface area (Å²) >= 11 is 0. The zero-order valence-electron chi connectivity index (χ0n) is 16.8. The lowest BCUT2D eigenvalue weighted by Crippen LogP contribution is -2.48. The van der Waals surface area contributed by atoms with Crippen molar-refractivity contribution < 1.29 is 4.79 Å². The maximum atomic E-state index is 11.4. The average molecular weight is 378 g/mol. The number of rotatable bonds is 4. The van der Waals surface area contributed by atoms with Crippen LogP contribution in [0.4, 0.5) is 5.69 Å². The predicted molar refractivity (Wildman–Crippen MR) is 115 cm³/mol. The highest BCUT2D eigenvalue weighted by Gasteiger charge is 2.29. The molecule has 148 valence electrons. The van der Waals surface area contributed by atoms with Crippen LogP contribution in [-0.2, 0) is 4.79 Å². The molecule has 2 N–H and O–H groups in total. The Kier molecular flexibility index (Phi) is 5.67. The number of benzene rings is 2. The molecule has 0 unspecified atom stereocenters. The number of carbonyl (C=O) groups excluding carboxylic acids is 1. The van der Waals surface area contributed by atoms with Crippen molar-refractivity contribution in [1.29, 1.82) is 0 Å². The highest BCUT2D eigenvalue weighted by molar-refractivity contribution is 5.76. The van der Waals surface area contributed by atoms with Gasteiger partial charge in [0, 0.05) is 30.7 Å². The van der Waals surface area contributed by atoms with Gasteiger partial charge in [-0.25, -0.2) is 0 Å². The largest absolute Gasteiger partial charge is 0.371 e. The highest BCUT2D eigenvalue weighted by Crippen LogP contribution is 2.29. The molecule has 2 saturated heterocycles. The quantitative estimate of drug-likeness (QED) is 0.881. The van der Waals surface area contributed by atoms with E-state index in [1.165, 1.54) is 35.2 Å². The molecule has 0 radical (unpaired) electrons. The van der Waals surface area contributed by atoms with Crippen LogP contribution in [0.2, 0.25) is 0 Å². The van der Waals surface area contributed by atoms with Gasteiger partial charge < -0.3 is 15.5 Å². The molecule has 2 aliphatic heterocycles. The van der Waals surface area contributed by atoms with Crippen LogP contribution in [0.5, 0.6) is 0 Å². The molecule has 0 aliphatic carbocycles. The number of nitrogens with zero attached hydrogens (tertiary/aromatic N) is 2. The minimum atomic E-state index is -0.122. The third kappa shape index (κ3) is 4.22. The molecule has 28 heavy (non-hydrogen) atoms. The minimum Gasteiger partial charge on any atom is -0.371 e. The second-order valence-electron chi connectivity index (χ2n) is 8.35. The number of carbonyl (C=O) groups is 1. The van der Waals surface area contributed by atoms with Crippen LogP contribution in [0.15, 0.2) is 48.5 Å². The molecular weight excluding hydrogens is 346 g/mol. The fourth-order valence-electron chi connectivity index (χ4n) is 4.75. The lowest BCUT2D eigenvalue weighted by Gasteiger charge is -2.42. The van der Waals surface area contributed by atoms with Crippen molar-refractivity contribution >= 4 is 11.6 Å². The summed E-state index contributed by atoms with van der Waals surface area (Å²) in [5.41, 5.74) is 10.7. The second-order valence-corrected chi connectivity index (χ2v) is 8.35. The molecule has 0 atom stereocenters. The van der Waals surface area contributed by atoms with Crippen LogP contribution in [0.1, 0.15) is 31.2 Å². The van der Waals surface area contributed by atoms with E-state index in [1.807, 2.05) is 0 Å². The highest BCUT2D eigenvalue weighted by atomic mass is 16.1. The normalized spacial score (nSPS) is 19.7. The molecular formula is C24H31N3O. The van der Waals surface area contributed by atoms with Gasteiger partial charge in [-0.1, -0.05) is 42.0 Å². The maximum absolute atomic E-state index is 11.4. The van der Waals surface area contributed by atoms with E-state index in [-0.39, 0.29) is 11.8 Å². The minimum absolute atomic E-state index is 0.0840. The van der Waals surface area contributed by atoms with Gasteiger partial charge in [-0.05, 0) is 69.0 Å². The molecule has 4 rings (SSSR count). The summed E-state index contributed by atoms with van der Waals surface area (Å²) in [4.78, 5) is 16.5. The van der Waals surface area contributed by atoms with Gasteiger partial charge in [0.25, 0.3) is 0 Å². The van der Waals surface area contributed by atoms with Crippen molar-refractivity contribution in [2.75, 3.05) is 31.1 Å². The fourth-order valence-corrected chi connectivity index (χ4v) is 4.75. The molecule has 4 heteroatoms. The van der Waals surface area contributed by atoms with E-state index in [1.54, 1.807) is 0 Å². The van der Waals surface area contributed by atoms with Crippen molar-refractivity contribution in [2.24, 2.45) is 11.7 Å². The number of hydrogen-bond acceptors (Lipinski definition) is 3. The van der Waals surface area contributed by atoms with E-state index in [9.17, 15) is 4.79 Å². The van der Waals surface area contributed by atoms with E-state index in [4.69, 9.17) is 5.73 Å². The first kappa shape index (κ1) is 19.0. The monoisotopic (exact) mass is 377 g/mol. The zero-order valence-corrected chi connectivity index (χ0v) is 16.8. The third-order valence-corrected chi connectivity index (χ3v) is 6.48. The smallest absolute Gasteiger partial charge is 0.220 e. The topological polar surface area (TPSA) is 49.6 Å². The number of nitrogens with two attached hydrogens (primary N) is 1. The van der Waals surface area contributed by atoms with Crippen LogP contribution in [0.3, 0.4) is 0 Å². The molecule has 2 aromatic carbocycles. The molecule has 2 fully saturated rings. The van der Waals surface area contributed by atoms with Crippen molar-refractivity contribution in [3.05, 3.63) is 54.1 Å². The first-order valence-electron chi connectivity index (χ1n) is 10.6. The van der Waals surface area contributed by atoms with Crippen molar-refractivity contribution in [3.63, 3.8) is 0 Å². The first-order chi connectivity index (χ1) is 13.6. The summed E-state index contributed by atoms with van der Waals surface area (Å²) in [6.07, 6.45) is 4.23.